The minimum Gasteiger partial charge on any atom is -0.481 e. The van der Waals surface area contributed by atoms with Crippen LogP contribution in [-0.2, 0) is 0 Å². The van der Waals surface area contributed by atoms with Crippen LogP contribution in [0, 0.1) is 0 Å². The highest BCUT2D eigenvalue weighted by Gasteiger charge is 2.29. The minimum atomic E-state index is -0.112. The highest BCUT2D eigenvalue weighted by Crippen LogP contribution is 2.25. The van der Waals surface area contributed by atoms with Crippen LogP contribution < -0.4 is 9.64 Å². The lowest BCUT2D eigenvalue weighted by molar-refractivity contribution is 0.148. The van der Waals surface area contributed by atoms with Crippen molar-refractivity contribution < 1.29 is 9.84 Å². The Morgan fingerprint density at radius 3 is 2.55 bits per heavy atom. The number of pyridine rings is 1. The fourth-order valence-corrected chi connectivity index (χ4v) is 3.27. The molecule has 2 aliphatic heterocycles. The van der Waals surface area contributed by atoms with Crippen molar-refractivity contribution in [2.24, 2.45) is 0 Å². The standard InChI is InChI=1S/C15H23N3O2/c1-20-15-3-2-13(10-16-15)17-7-4-12(5-8-17)18-9-6-14(19)11-18/h2-3,10,12,14,19H,4-9,11H2,1H3/t14-/m1/s1. The van der Waals surface area contributed by atoms with E-state index in [2.05, 4.69) is 20.9 Å². The van der Waals surface area contributed by atoms with Gasteiger partial charge in [0.05, 0.1) is 25.1 Å². The second-order valence-corrected chi connectivity index (χ2v) is 5.71. The first kappa shape index (κ1) is 13.6. The molecular formula is C15H23N3O2. The maximum absolute atomic E-state index is 9.64. The van der Waals surface area contributed by atoms with Crippen molar-refractivity contribution in [1.29, 1.82) is 0 Å². The molecule has 1 aromatic heterocycles. The zero-order valence-electron chi connectivity index (χ0n) is 12.0. The number of nitrogens with zero attached hydrogens (tertiary/aromatic N) is 3. The number of anilines is 1. The van der Waals surface area contributed by atoms with Crippen LogP contribution in [0.3, 0.4) is 0 Å². The summed E-state index contributed by atoms with van der Waals surface area (Å²) >= 11 is 0. The fourth-order valence-electron chi connectivity index (χ4n) is 3.27. The Morgan fingerprint density at radius 1 is 1.20 bits per heavy atom. The van der Waals surface area contributed by atoms with E-state index in [0.29, 0.717) is 11.9 Å². The lowest BCUT2D eigenvalue weighted by atomic mass is 10.0. The second kappa shape index (κ2) is 5.97. The van der Waals surface area contributed by atoms with E-state index >= 15 is 0 Å². The molecule has 110 valence electrons. The molecule has 3 rings (SSSR count). The molecule has 0 bridgehead atoms. The number of hydrogen-bond donors (Lipinski definition) is 1. The summed E-state index contributed by atoms with van der Waals surface area (Å²) in [5.41, 5.74) is 1.17. The SMILES string of the molecule is COc1ccc(N2CCC(N3CC[C@@H](O)C3)CC2)cn1. The molecule has 5 heteroatoms. The molecule has 0 radical (unpaired) electrons. The Kier molecular flexibility index (Phi) is 4.08. The van der Waals surface area contributed by atoms with Gasteiger partial charge >= 0.3 is 0 Å². The number of methoxy groups -OCH3 is 1. The normalized spacial score (nSPS) is 25.1. The number of aliphatic hydroxyl groups is 1. The van der Waals surface area contributed by atoms with Gasteiger partial charge in [-0.15, -0.1) is 0 Å². The summed E-state index contributed by atoms with van der Waals surface area (Å²) < 4.78 is 5.09. The average molecular weight is 277 g/mol. The van der Waals surface area contributed by atoms with E-state index in [1.807, 2.05) is 12.3 Å². The summed E-state index contributed by atoms with van der Waals surface area (Å²) in [6.45, 7) is 4.03. The third-order valence-electron chi connectivity index (χ3n) is 4.47. The largest absolute Gasteiger partial charge is 0.481 e. The first-order valence-electron chi connectivity index (χ1n) is 7.43. The predicted molar refractivity (Wildman–Crippen MR) is 78.2 cm³/mol. The molecule has 0 spiro atoms. The molecule has 2 fully saturated rings. The van der Waals surface area contributed by atoms with E-state index in [-0.39, 0.29) is 6.10 Å². The number of hydrogen-bond acceptors (Lipinski definition) is 5. The van der Waals surface area contributed by atoms with Gasteiger partial charge in [-0.1, -0.05) is 0 Å². The molecular weight excluding hydrogens is 254 g/mol. The molecule has 0 unspecified atom stereocenters. The molecule has 2 saturated heterocycles. The Labute approximate surface area is 120 Å². The Bertz CT molecular complexity index is 429. The number of aromatic nitrogens is 1. The topological polar surface area (TPSA) is 48.8 Å². The van der Waals surface area contributed by atoms with Gasteiger partial charge < -0.3 is 14.7 Å². The maximum Gasteiger partial charge on any atom is 0.213 e. The molecule has 0 saturated carbocycles. The molecule has 3 heterocycles. The van der Waals surface area contributed by atoms with Crippen LogP contribution in [-0.4, -0.2) is 60.4 Å². The van der Waals surface area contributed by atoms with Crippen LogP contribution in [0.15, 0.2) is 18.3 Å². The van der Waals surface area contributed by atoms with Crippen molar-refractivity contribution >= 4 is 5.69 Å². The van der Waals surface area contributed by atoms with Crippen LogP contribution in [0.2, 0.25) is 0 Å². The number of ether oxygens (including phenoxy) is 1. The van der Waals surface area contributed by atoms with Crippen LogP contribution in [0.25, 0.3) is 0 Å². The smallest absolute Gasteiger partial charge is 0.213 e. The van der Waals surface area contributed by atoms with E-state index in [9.17, 15) is 5.11 Å². The lowest BCUT2D eigenvalue weighted by Gasteiger charge is -2.37. The zero-order valence-corrected chi connectivity index (χ0v) is 12.0. The second-order valence-electron chi connectivity index (χ2n) is 5.71. The summed E-state index contributed by atoms with van der Waals surface area (Å²) in [5, 5.41) is 9.64. The van der Waals surface area contributed by atoms with Gasteiger partial charge in [0.25, 0.3) is 0 Å². The van der Waals surface area contributed by atoms with Gasteiger partial charge in [-0.25, -0.2) is 4.98 Å². The van der Waals surface area contributed by atoms with Crippen molar-refractivity contribution in [2.45, 2.75) is 31.4 Å². The van der Waals surface area contributed by atoms with Crippen molar-refractivity contribution in [2.75, 3.05) is 38.2 Å². The quantitative estimate of drug-likeness (QED) is 0.897. The van der Waals surface area contributed by atoms with Crippen LogP contribution in [0.1, 0.15) is 19.3 Å². The molecule has 20 heavy (non-hydrogen) atoms. The van der Waals surface area contributed by atoms with Gasteiger partial charge in [0.15, 0.2) is 0 Å². The summed E-state index contributed by atoms with van der Waals surface area (Å²) in [6, 6.07) is 4.62. The van der Waals surface area contributed by atoms with E-state index in [1.54, 1.807) is 7.11 Å². The Morgan fingerprint density at radius 2 is 2.00 bits per heavy atom. The number of rotatable bonds is 3. The van der Waals surface area contributed by atoms with Crippen LogP contribution in [0.5, 0.6) is 5.88 Å². The summed E-state index contributed by atoms with van der Waals surface area (Å²) in [5.74, 6) is 0.662. The lowest BCUT2D eigenvalue weighted by Crippen LogP contribution is -2.44. The van der Waals surface area contributed by atoms with Gasteiger partial charge in [-0.2, -0.15) is 0 Å². The molecule has 0 aromatic carbocycles. The Balaban J connectivity index is 1.55. The maximum atomic E-state index is 9.64. The first-order chi connectivity index (χ1) is 9.76. The van der Waals surface area contributed by atoms with Gasteiger partial charge in [-0.05, 0) is 25.3 Å². The van der Waals surface area contributed by atoms with Crippen molar-refractivity contribution in [3.63, 3.8) is 0 Å². The van der Waals surface area contributed by atoms with Gasteiger partial charge in [-0.3, -0.25) is 4.90 Å². The molecule has 0 aliphatic carbocycles. The number of piperidine rings is 1. The summed E-state index contributed by atoms with van der Waals surface area (Å²) in [4.78, 5) is 9.11. The van der Waals surface area contributed by atoms with Crippen LogP contribution >= 0.6 is 0 Å². The number of likely N-dealkylation sites (tertiary alicyclic amines) is 1. The van der Waals surface area contributed by atoms with E-state index in [1.165, 1.54) is 18.5 Å². The fraction of sp³-hybridized carbons (Fsp3) is 0.667. The van der Waals surface area contributed by atoms with Gasteiger partial charge in [0.2, 0.25) is 5.88 Å². The van der Waals surface area contributed by atoms with Gasteiger partial charge in [0.1, 0.15) is 0 Å². The monoisotopic (exact) mass is 277 g/mol. The van der Waals surface area contributed by atoms with E-state index < -0.39 is 0 Å². The Hall–Kier alpha value is -1.33. The summed E-state index contributed by atoms with van der Waals surface area (Å²) in [6.07, 6.45) is 5.04. The summed E-state index contributed by atoms with van der Waals surface area (Å²) in [7, 11) is 1.64. The van der Waals surface area contributed by atoms with Gasteiger partial charge in [0, 0.05) is 38.3 Å². The average Bonchev–Trinajstić information content (AvgIpc) is 2.94. The third kappa shape index (κ3) is 2.88. The zero-order chi connectivity index (χ0) is 13.9. The predicted octanol–water partition coefficient (Wildman–Crippen LogP) is 1.13. The van der Waals surface area contributed by atoms with E-state index in [4.69, 9.17) is 4.74 Å². The molecule has 1 N–H and O–H groups in total. The highest BCUT2D eigenvalue weighted by molar-refractivity contribution is 5.45. The van der Waals surface area contributed by atoms with Crippen molar-refractivity contribution in [3.8, 4) is 5.88 Å². The van der Waals surface area contributed by atoms with Crippen molar-refractivity contribution in [3.05, 3.63) is 18.3 Å². The van der Waals surface area contributed by atoms with E-state index in [0.717, 1.165) is 32.6 Å². The highest BCUT2D eigenvalue weighted by atomic mass is 16.5. The molecule has 1 aromatic rings. The molecule has 0 amide bonds. The molecule has 1 atom stereocenters. The number of β-amino-alcohol motifs (C(OH)–C–C–N with tert-alkyl or cyclic N) is 1. The molecule has 2 aliphatic rings. The van der Waals surface area contributed by atoms with Crippen molar-refractivity contribution in [1.82, 2.24) is 9.88 Å². The third-order valence-corrected chi connectivity index (χ3v) is 4.47. The number of aliphatic hydroxyl groups excluding tert-OH is 1. The minimum absolute atomic E-state index is 0.112. The molecule has 5 nitrogen and oxygen atoms in total. The first-order valence-corrected chi connectivity index (χ1v) is 7.43. The van der Waals surface area contributed by atoms with Crippen LogP contribution in [0.4, 0.5) is 5.69 Å².